The average Bonchev–Trinajstić information content (AvgIpc) is 2.62. The van der Waals surface area contributed by atoms with Gasteiger partial charge < -0.3 is 4.74 Å². The van der Waals surface area contributed by atoms with Gasteiger partial charge in [-0.1, -0.05) is 18.6 Å². The second kappa shape index (κ2) is 4.59. The van der Waals surface area contributed by atoms with E-state index in [2.05, 4.69) is 22.0 Å². The molecule has 1 rings (SSSR count). The van der Waals surface area contributed by atoms with E-state index < -0.39 is 5.97 Å². The van der Waals surface area contributed by atoms with Crippen LogP contribution in [0, 0.1) is 0 Å². The lowest BCUT2D eigenvalue weighted by atomic mass is 10.3. The number of esters is 1. The molecule has 0 bridgehead atoms. The Kier molecular flexibility index (Phi) is 3.42. The smallest absolute Gasteiger partial charge is 0.360 e. The van der Waals surface area contributed by atoms with E-state index in [0.717, 1.165) is 19.4 Å². The van der Waals surface area contributed by atoms with Crippen molar-refractivity contribution < 1.29 is 9.53 Å². The van der Waals surface area contributed by atoms with Gasteiger partial charge in [-0.05, 0) is 6.42 Å². The molecule has 0 aliphatic rings. The summed E-state index contributed by atoms with van der Waals surface area (Å²) in [6, 6.07) is 0. The molecule has 13 heavy (non-hydrogen) atoms. The van der Waals surface area contributed by atoms with Crippen LogP contribution in [0.1, 0.15) is 30.3 Å². The summed E-state index contributed by atoms with van der Waals surface area (Å²) in [6.45, 7) is 2.89. The molecule has 1 aromatic rings. The van der Waals surface area contributed by atoms with Crippen LogP contribution in [0.25, 0.3) is 0 Å². The van der Waals surface area contributed by atoms with Crippen LogP contribution in [0.5, 0.6) is 0 Å². The van der Waals surface area contributed by atoms with Gasteiger partial charge in [-0.3, -0.25) is 4.68 Å². The molecule has 1 aromatic heterocycles. The predicted molar refractivity (Wildman–Crippen MR) is 46.3 cm³/mol. The number of carbonyl (C=O) groups excluding carboxylic acids is 1. The van der Waals surface area contributed by atoms with E-state index >= 15 is 0 Å². The summed E-state index contributed by atoms with van der Waals surface area (Å²) in [7, 11) is 1.33. The number of methoxy groups -OCH3 is 1. The molecule has 72 valence electrons. The first-order chi connectivity index (χ1) is 6.27. The molecular formula is C8H13N3O2. The summed E-state index contributed by atoms with van der Waals surface area (Å²) in [6.07, 6.45) is 3.72. The topological polar surface area (TPSA) is 57.0 Å². The van der Waals surface area contributed by atoms with Crippen LogP contribution in [0.15, 0.2) is 6.20 Å². The SMILES string of the molecule is CCCCn1cc(C(=O)OC)nn1. The Labute approximate surface area is 76.7 Å². The van der Waals surface area contributed by atoms with Gasteiger partial charge in [0, 0.05) is 6.54 Å². The number of hydrogen-bond donors (Lipinski definition) is 0. The predicted octanol–water partition coefficient (Wildman–Crippen LogP) is 0.865. The minimum atomic E-state index is -0.442. The van der Waals surface area contributed by atoms with Gasteiger partial charge in [0.2, 0.25) is 0 Å². The number of hydrogen-bond acceptors (Lipinski definition) is 4. The summed E-state index contributed by atoms with van der Waals surface area (Å²) in [5, 5.41) is 7.47. The number of aryl methyl sites for hydroxylation is 1. The molecule has 0 N–H and O–H groups in total. The zero-order chi connectivity index (χ0) is 9.68. The van der Waals surface area contributed by atoms with Crippen molar-refractivity contribution in [3.8, 4) is 0 Å². The van der Waals surface area contributed by atoms with E-state index in [0.29, 0.717) is 0 Å². The summed E-state index contributed by atoms with van der Waals surface area (Å²) >= 11 is 0. The van der Waals surface area contributed by atoms with Gasteiger partial charge in [0.05, 0.1) is 13.3 Å². The van der Waals surface area contributed by atoms with Gasteiger partial charge in [-0.15, -0.1) is 5.10 Å². The van der Waals surface area contributed by atoms with Crippen molar-refractivity contribution in [3.63, 3.8) is 0 Å². The Hall–Kier alpha value is -1.39. The number of carbonyl (C=O) groups is 1. The molecular weight excluding hydrogens is 170 g/mol. The standard InChI is InChI=1S/C8H13N3O2/c1-3-4-5-11-6-7(9-10-11)8(12)13-2/h6H,3-5H2,1-2H3. The monoisotopic (exact) mass is 183 g/mol. The Bertz CT molecular complexity index is 283. The molecule has 0 radical (unpaired) electrons. The van der Waals surface area contributed by atoms with Crippen molar-refractivity contribution >= 4 is 5.97 Å². The third-order valence-electron chi connectivity index (χ3n) is 1.67. The molecule has 0 spiro atoms. The first kappa shape index (κ1) is 9.70. The van der Waals surface area contributed by atoms with Crippen molar-refractivity contribution in [1.82, 2.24) is 15.0 Å². The molecule has 0 fully saturated rings. The quantitative estimate of drug-likeness (QED) is 0.650. The van der Waals surface area contributed by atoms with Crippen LogP contribution < -0.4 is 0 Å². The van der Waals surface area contributed by atoms with Crippen LogP contribution in [-0.2, 0) is 11.3 Å². The number of unbranched alkanes of at least 4 members (excludes halogenated alkanes) is 1. The maximum absolute atomic E-state index is 11.0. The minimum absolute atomic E-state index is 0.263. The summed E-state index contributed by atoms with van der Waals surface area (Å²) in [4.78, 5) is 11.0. The number of ether oxygens (including phenoxy) is 1. The lowest BCUT2D eigenvalue weighted by Crippen LogP contribution is -2.01. The maximum atomic E-state index is 11.0. The molecule has 0 atom stereocenters. The Morgan fingerprint density at radius 2 is 2.46 bits per heavy atom. The highest BCUT2D eigenvalue weighted by Gasteiger charge is 2.09. The van der Waals surface area contributed by atoms with Crippen molar-refractivity contribution in [3.05, 3.63) is 11.9 Å². The fourth-order valence-electron chi connectivity index (χ4n) is 0.926. The van der Waals surface area contributed by atoms with E-state index in [1.165, 1.54) is 7.11 Å². The molecule has 5 heteroatoms. The third-order valence-corrected chi connectivity index (χ3v) is 1.67. The molecule has 0 aliphatic heterocycles. The first-order valence-corrected chi connectivity index (χ1v) is 4.26. The second-order valence-electron chi connectivity index (χ2n) is 2.71. The van der Waals surface area contributed by atoms with Crippen LogP contribution >= 0.6 is 0 Å². The summed E-state index contributed by atoms with van der Waals surface area (Å²) in [5.41, 5.74) is 0.263. The molecule has 5 nitrogen and oxygen atoms in total. The van der Waals surface area contributed by atoms with Gasteiger partial charge >= 0.3 is 5.97 Å². The Balaban J connectivity index is 2.58. The van der Waals surface area contributed by atoms with Crippen molar-refractivity contribution in [2.24, 2.45) is 0 Å². The third kappa shape index (κ3) is 2.54. The van der Waals surface area contributed by atoms with E-state index in [1.54, 1.807) is 10.9 Å². The fourth-order valence-corrected chi connectivity index (χ4v) is 0.926. The molecule has 0 aliphatic carbocycles. The maximum Gasteiger partial charge on any atom is 0.360 e. The van der Waals surface area contributed by atoms with Gasteiger partial charge in [-0.2, -0.15) is 0 Å². The van der Waals surface area contributed by atoms with Crippen molar-refractivity contribution in [2.45, 2.75) is 26.3 Å². The lowest BCUT2D eigenvalue weighted by molar-refractivity contribution is 0.0594. The van der Waals surface area contributed by atoms with Crippen LogP contribution in [0.2, 0.25) is 0 Å². The molecule has 0 amide bonds. The normalized spacial score (nSPS) is 10.0. The van der Waals surface area contributed by atoms with E-state index in [4.69, 9.17) is 0 Å². The highest BCUT2D eigenvalue weighted by molar-refractivity contribution is 5.86. The van der Waals surface area contributed by atoms with Gasteiger partial charge in [-0.25, -0.2) is 4.79 Å². The fraction of sp³-hybridized carbons (Fsp3) is 0.625. The largest absolute Gasteiger partial charge is 0.464 e. The Morgan fingerprint density at radius 3 is 3.08 bits per heavy atom. The molecule has 0 unspecified atom stereocenters. The van der Waals surface area contributed by atoms with Crippen LogP contribution in [-0.4, -0.2) is 28.1 Å². The van der Waals surface area contributed by atoms with E-state index in [9.17, 15) is 4.79 Å². The highest BCUT2D eigenvalue weighted by atomic mass is 16.5. The van der Waals surface area contributed by atoms with Crippen molar-refractivity contribution in [1.29, 1.82) is 0 Å². The van der Waals surface area contributed by atoms with E-state index in [-0.39, 0.29) is 5.69 Å². The molecule has 0 saturated heterocycles. The molecule has 0 saturated carbocycles. The zero-order valence-electron chi connectivity index (χ0n) is 7.86. The van der Waals surface area contributed by atoms with Crippen LogP contribution in [0.4, 0.5) is 0 Å². The van der Waals surface area contributed by atoms with E-state index in [1.807, 2.05) is 0 Å². The number of aromatic nitrogens is 3. The van der Waals surface area contributed by atoms with Gasteiger partial charge in [0.15, 0.2) is 5.69 Å². The summed E-state index contributed by atoms with van der Waals surface area (Å²) in [5.74, 6) is -0.442. The average molecular weight is 183 g/mol. The molecule has 0 aromatic carbocycles. The molecule has 1 heterocycles. The van der Waals surface area contributed by atoms with Crippen LogP contribution in [0.3, 0.4) is 0 Å². The summed E-state index contributed by atoms with van der Waals surface area (Å²) < 4.78 is 6.15. The van der Waals surface area contributed by atoms with Crippen molar-refractivity contribution in [2.75, 3.05) is 7.11 Å². The van der Waals surface area contributed by atoms with Gasteiger partial charge in [0.1, 0.15) is 0 Å². The highest BCUT2D eigenvalue weighted by Crippen LogP contribution is 1.97. The minimum Gasteiger partial charge on any atom is -0.464 e. The lowest BCUT2D eigenvalue weighted by Gasteiger charge is -1.95. The van der Waals surface area contributed by atoms with Gasteiger partial charge in [0.25, 0.3) is 0 Å². The second-order valence-corrected chi connectivity index (χ2v) is 2.71. The zero-order valence-corrected chi connectivity index (χ0v) is 7.86. The first-order valence-electron chi connectivity index (χ1n) is 4.26. The number of nitrogens with zero attached hydrogens (tertiary/aromatic N) is 3. The number of rotatable bonds is 4. The Morgan fingerprint density at radius 1 is 1.69 bits per heavy atom.